The molecule has 11 heavy (non-hydrogen) atoms. The van der Waals surface area contributed by atoms with Gasteiger partial charge in [0.2, 0.25) is 0 Å². The summed E-state index contributed by atoms with van der Waals surface area (Å²) in [5.41, 5.74) is 6.02. The number of hydrogen-bond donors (Lipinski definition) is 2. The highest BCUT2D eigenvalue weighted by atomic mass is 35.5. The third-order valence-electron chi connectivity index (χ3n) is 1.18. The molecule has 0 aliphatic rings. The molecule has 0 fully saturated rings. The maximum absolute atomic E-state index is 8.49. The average molecular weight is 179 g/mol. The predicted octanol–water partition coefficient (Wildman–Crippen LogP) is 0.0899. The molecule has 1 aromatic heterocycles. The molecule has 0 atom stereocenters. The Kier molecular flexibility index (Phi) is 4.85. The third-order valence-corrected chi connectivity index (χ3v) is 1.18. The van der Waals surface area contributed by atoms with Gasteiger partial charge < -0.3 is 15.4 Å². The van der Waals surface area contributed by atoms with Crippen LogP contribution >= 0.6 is 12.4 Å². The Bertz CT molecular complexity index is 202. The Morgan fingerprint density at radius 3 is 2.82 bits per heavy atom. The lowest BCUT2D eigenvalue weighted by molar-refractivity contribution is 0.293. The average Bonchev–Trinajstić information content (AvgIpc) is 2.37. The molecule has 0 spiro atoms. The van der Waals surface area contributed by atoms with Gasteiger partial charge in [-0.3, -0.25) is 0 Å². The van der Waals surface area contributed by atoms with Crippen molar-refractivity contribution in [1.82, 2.24) is 5.16 Å². The Labute approximate surface area is 70.8 Å². The molecule has 0 aliphatic heterocycles. The van der Waals surface area contributed by atoms with Crippen LogP contribution in [0.5, 0.6) is 0 Å². The van der Waals surface area contributed by atoms with E-state index in [1.807, 2.05) is 0 Å². The highest BCUT2D eigenvalue weighted by molar-refractivity contribution is 5.85. The van der Waals surface area contributed by atoms with Crippen molar-refractivity contribution >= 4 is 12.4 Å². The van der Waals surface area contributed by atoms with E-state index in [0.29, 0.717) is 18.7 Å². The maximum atomic E-state index is 8.49. The minimum Gasteiger partial charge on any atom is -0.396 e. The topological polar surface area (TPSA) is 72.3 Å². The Hall–Kier alpha value is -0.580. The zero-order valence-corrected chi connectivity index (χ0v) is 6.80. The molecule has 1 aromatic rings. The zero-order chi connectivity index (χ0) is 7.40. The maximum Gasteiger partial charge on any atom is 0.150 e. The summed E-state index contributed by atoms with van der Waals surface area (Å²) < 4.78 is 4.78. The summed E-state index contributed by atoms with van der Waals surface area (Å²) in [7, 11) is 0. The molecule has 0 bridgehead atoms. The van der Waals surface area contributed by atoms with E-state index in [1.165, 1.54) is 0 Å². The summed E-state index contributed by atoms with van der Waals surface area (Å²) in [4.78, 5) is 0. The standard InChI is InChI=1S/C6H10N2O2.ClH/c7-4-6-3-5(1-2-9)8-10-6;/h3,9H,1-2,4,7H2;1H. The second kappa shape index (κ2) is 5.12. The quantitative estimate of drug-likeness (QED) is 0.688. The molecule has 3 N–H and O–H groups in total. The van der Waals surface area contributed by atoms with E-state index in [2.05, 4.69) is 5.16 Å². The fourth-order valence-electron chi connectivity index (χ4n) is 0.684. The van der Waals surface area contributed by atoms with Crippen molar-refractivity contribution in [2.24, 2.45) is 5.73 Å². The molecule has 64 valence electrons. The normalized spacial score (nSPS) is 9.27. The first-order chi connectivity index (χ1) is 4.86. The van der Waals surface area contributed by atoms with E-state index in [0.717, 1.165) is 5.69 Å². The molecular formula is C6H11ClN2O2. The molecule has 0 unspecified atom stereocenters. The second-order valence-corrected chi connectivity index (χ2v) is 1.96. The van der Waals surface area contributed by atoms with Gasteiger partial charge in [0, 0.05) is 19.1 Å². The molecule has 1 heterocycles. The summed E-state index contributed by atoms with van der Waals surface area (Å²) in [5.74, 6) is 0.656. The largest absolute Gasteiger partial charge is 0.396 e. The summed E-state index contributed by atoms with van der Waals surface area (Å²) in [5, 5.41) is 12.2. The summed E-state index contributed by atoms with van der Waals surface area (Å²) in [6.45, 7) is 0.453. The number of halogens is 1. The Balaban J connectivity index is 0.000001000. The van der Waals surface area contributed by atoms with Crippen LogP contribution in [0.3, 0.4) is 0 Å². The van der Waals surface area contributed by atoms with Crippen molar-refractivity contribution in [2.45, 2.75) is 13.0 Å². The van der Waals surface area contributed by atoms with E-state index in [4.69, 9.17) is 15.4 Å². The molecule has 5 heteroatoms. The van der Waals surface area contributed by atoms with Crippen molar-refractivity contribution in [3.8, 4) is 0 Å². The smallest absolute Gasteiger partial charge is 0.150 e. The summed E-state index contributed by atoms with van der Waals surface area (Å²) in [6, 6.07) is 1.75. The van der Waals surface area contributed by atoms with Crippen LogP contribution in [-0.4, -0.2) is 16.9 Å². The van der Waals surface area contributed by atoms with Gasteiger partial charge in [0.1, 0.15) is 0 Å². The fraction of sp³-hybridized carbons (Fsp3) is 0.500. The Morgan fingerprint density at radius 2 is 2.36 bits per heavy atom. The molecule has 0 saturated heterocycles. The second-order valence-electron chi connectivity index (χ2n) is 1.96. The van der Waals surface area contributed by atoms with Gasteiger partial charge in [0.25, 0.3) is 0 Å². The van der Waals surface area contributed by atoms with Crippen LogP contribution in [0.15, 0.2) is 10.6 Å². The number of aliphatic hydroxyl groups is 1. The molecular weight excluding hydrogens is 168 g/mol. The molecule has 4 nitrogen and oxygen atoms in total. The molecule has 0 aromatic carbocycles. The van der Waals surface area contributed by atoms with Gasteiger partial charge in [-0.05, 0) is 0 Å². The molecule has 0 aliphatic carbocycles. The monoisotopic (exact) mass is 178 g/mol. The molecule has 1 rings (SSSR count). The predicted molar refractivity (Wildman–Crippen MR) is 42.4 cm³/mol. The first-order valence-electron chi connectivity index (χ1n) is 3.12. The lowest BCUT2D eigenvalue weighted by atomic mass is 10.3. The van der Waals surface area contributed by atoms with Gasteiger partial charge in [-0.15, -0.1) is 12.4 Å². The van der Waals surface area contributed by atoms with E-state index < -0.39 is 0 Å². The summed E-state index contributed by atoms with van der Waals surface area (Å²) in [6.07, 6.45) is 0.531. The lowest BCUT2D eigenvalue weighted by Crippen LogP contribution is -1.93. The van der Waals surface area contributed by atoms with Crippen LogP contribution in [0.4, 0.5) is 0 Å². The van der Waals surface area contributed by atoms with Gasteiger partial charge in [0.05, 0.1) is 12.2 Å². The van der Waals surface area contributed by atoms with Crippen LogP contribution in [0.2, 0.25) is 0 Å². The fourth-order valence-corrected chi connectivity index (χ4v) is 0.684. The van der Waals surface area contributed by atoms with Crippen LogP contribution in [0.1, 0.15) is 11.5 Å². The van der Waals surface area contributed by atoms with E-state index in [9.17, 15) is 0 Å². The number of hydrogen-bond acceptors (Lipinski definition) is 4. The van der Waals surface area contributed by atoms with Crippen molar-refractivity contribution in [1.29, 1.82) is 0 Å². The lowest BCUT2D eigenvalue weighted by Gasteiger charge is -1.83. The zero-order valence-electron chi connectivity index (χ0n) is 5.99. The van der Waals surface area contributed by atoms with Crippen LogP contribution in [0, 0.1) is 0 Å². The van der Waals surface area contributed by atoms with Gasteiger partial charge in [-0.1, -0.05) is 5.16 Å². The van der Waals surface area contributed by atoms with Crippen LogP contribution in [-0.2, 0) is 13.0 Å². The van der Waals surface area contributed by atoms with Crippen molar-refractivity contribution in [2.75, 3.05) is 6.61 Å². The van der Waals surface area contributed by atoms with E-state index in [1.54, 1.807) is 6.07 Å². The van der Waals surface area contributed by atoms with Gasteiger partial charge >= 0.3 is 0 Å². The van der Waals surface area contributed by atoms with Crippen LogP contribution in [0.25, 0.3) is 0 Å². The SMILES string of the molecule is Cl.NCc1cc(CCO)no1. The number of aromatic nitrogens is 1. The van der Waals surface area contributed by atoms with E-state index in [-0.39, 0.29) is 19.0 Å². The molecule has 0 amide bonds. The van der Waals surface area contributed by atoms with Gasteiger partial charge in [-0.25, -0.2) is 0 Å². The molecule has 0 radical (unpaired) electrons. The minimum atomic E-state index is 0. The number of nitrogens with two attached hydrogens (primary N) is 1. The Morgan fingerprint density at radius 1 is 1.64 bits per heavy atom. The van der Waals surface area contributed by atoms with Crippen molar-refractivity contribution in [3.63, 3.8) is 0 Å². The van der Waals surface area contributed by atoms with Gasteiger partial charge in [-0.2, -0.15) is 0 Å². The number of aliphatic hydroxyl groups excluding tert-OH is 1. The summed E-state index contributed by atoms with van der Waals surface area (Å²) >= 11 is 0. The number of rotatable bonds is 3. The first-order valence-corrected chi connectivity index (χ1v) is 3.12. The van der Waals surface area contributed by atoms with Crippen molar-refractivity contribution in [3.05, 3.63) is 17.5 Å². The van der Waals surface area contributed by atoms with Crippen molar-refractivity contribution < 1.29 is 9.63 Å². The number of nitrogens with zero attached hydrogens (tertiary/aromatic N) is 1. The highest BCUT2D eigenvalue weighted by Gasteiger charge is 1.99. The minimum absolute atomic E-state index is 0. The van der Waals surface area contributed by atoms with Crippen LogP contribution < -0.4 is 5.73 Å². The first kappa shape index (κ1) is 10.4. The highest BCUT2D eigenvalue weighted by Crippen LogP contribution is 2.01. The van der Waals surface area contributed by atoms with E-state index >= 15 is 0 Å². The van der Waals surface area contributed by atoms with Gasteiger partial charge in [0.15, 0.2) is 5.76 Å². The third kappa shape index (κ3) is 2.88. The molecule has 0 saturated carbocycles.